The Morgan fingerprint density at radius 1 is 0.979 bits per heavy atom. The van der Waals surface area contributed by atoms with Crippen LogP contribution in [0, 0.1) is 0 Å². The van der Waals surface area contributed by atoms with Crippen LogP contribution in [0.5, 0.6) is 17.2 Å². The van der Waals surface area contributed by atoms with E-state index in [0.717, 1.165) is 0 Å². The number of hydrogen-bond acceptors (Lipinski definition) is 14. The molecule has 0 spiro atoms. The number of Topliss-reactive ketones (excluding diaryl/α,β-unsaturated/α-hetero) is 1. The number of aromatic hydroxyl groups is 2. The van der Waals surface area contributed by atoms with Gasteiger partial charge in [-0.25, -0.2) is 0 Å². The number of fused-ring (bicyclic) bond motifs is 3. The van der Waals surface area contributed by atoms with E-state index in [9.17, 15) is 39.9 Å². The van der Waals surface area contributed by atoms with Crippen molar-refractivity contribution in [2.45, 2.75) is 114 Å². The van der Waals surface area contributed by atoms with Gasteiger partial charge in [-0.15, -0.1) is 0 Å². The van der Waals surface area contributed by atoms with Crippen LogP contribution in [0.15, 0.2) is 18.2 Å². The van der Waals surface area contributed by atoms with Gasteiger partial charge in [0.05, 0.1) is 42.1 Å². The molecule has 2 fully saturated rings. The van der Waals surface area contributed by atoms with E-state index < -0.39 is 113 Å². The molecule has 2 aromatic rings. The number of nitrogens with two attached hydrogens (primary N) is 1. The van der Waals surface area contributed by atoms with E-state index in [2.05, 4.69) is 0 Å². The zero-order chi connectivity index (χ0) is 35.0. The van der Waals surface area contributed by atoms with Crippen LogP contribution in [0.4, 0.5) is 0 Å². The Hall–Kier alpha value is -3.47. The molecular formula is C34H41NO13. The third kappa shape index (κ3) is 5.40. The third-order valence-corrected chi connectivity index (χ3v) is 10.1. The van der Waals surface area contributed by atoms with Crippen molar-refractivity contribution in [3.63, 3.8) is 0 Å². The van der Waals surface area contributed by atoms with Crippen molar-refractivity contribution in [3.8, 4) is 17.2 Å². The lowest BCUT2D eigenvalue weighted by Gasteiger charge is -2.48. The van der Waals surface area contributed by atoms with E-state index in [-0.39, 0.29) is 40.8 Å². The largest absolute Gasteiger partial charge is 0.507 e. The number of aliphatic hydroxyl groups is 3. The maximum atomic E-state index is 13.9. The monoisotopic (exact) mass is 671 g/mol. The van der Waals surface area contributed by atoms with Crippen molar-refractivity contribution in [1.82, 2.24) is 0 Å². The van der Waals surface area contributed by atoms with Gasteiger partial charge in [-0.1, -0.05) is 12.1 Å². The van der Waals surface area contributed by atoms with Gasteiger partial charge in [0.1, 0.15) is 40.7 Å². The van der Waals surface area contributed by atoms with E-state index in [1.807, 2.05) is 0 Å². The summed E-state index contributed by atoms with van der Waals surface area (Å²) in [6, 6.07) is 3.72. The Balaban J connectivity index is 1.36. The molecule has 14 nitrogen and oxygen atoms in total. The predicted octanol–water partition coefficient (Wildman–Crippen LogP) is 1.08. The average Bonchev–Trinajstić information content (AvgIpc) is 3.01. The first-order valence-electron chi connectivity index (χ1n) is 15.9. The average molecular weight is 672 g/mol. The number of aliphatic hydroxyl groups excluding tert-OH is 2. The second-order valence-electron chi connectivity index (χ2n) is 13.5. The fraction of sp³-hybridized carbons (Fsp3) is 0.559. The number of methoxy groups -OCH3 is 1. The first-order chi connectivity index (χ1) is 22.5. The summed E-state index contributed by atoms with van der Waals surface area (Å²) in [5, 5.41) is 55.3. The minimum Gasteiger partial charge on any atom is -0.507 e. The Bertz CT molecular complexity index is 1650. The molecule has 2 aliphatic carbocycles. The highest BCUT2D eigenvalue weighted by Crippen LogP contribution is 2.55. The van der Waals surface area contributed by atoms with E-state index >= 15 is 0 Å². The number of benzene rings is 2. The number of rotatable bonds is 6. The number of carbonyl (C=O) groups is 3. The lowest BCUT2D eigenvalue weighted by Crippen LogP contribution is -2.58. The quantitative estimate of drug-likeness (QED) is 0.202. The van der Waals surface area contributed by atoms with Crippen molar-refractivity contribution < 1.29 is 63.6 Å². The molecule has 7 N–H and O–H groups in total. The summed E-state index contributed by atoms with van der Waals surface area (Å²) in [5.41, 5.74) is 1.47. The molecule has 0 saturated carbocycles. The van der Waals surface area contributed by atoms with Crippen LogP contribution in [-0.4, -0.2) is 105 Å². The molecule has 0 aromatic heterocycles. The van der Waals surface area contributed by atoms with Gasteiger partial charge in [-0.05, 0) is 33.8 Å². The Morgan fingerprint density at radius 3 is 2.27 bits per heavy atom. The molecular weight excluding hydrogens is 630 g/mol. The summed E-state index contributed by atoms with van der Waals surface area (Å²) in [6.07, 6.45) is -6.96. The molecule has 2 aromatic carbocycles. The third-order valence-electron chi connectivity index (χ3n) is 10.1. The molecule has 10 atom stereocenters. The Kier molecular flexibility index (Phi) is 8.70. The molecule has 4 aliphatic rings. The molecule has 14 heteroatoms. The summed E-state index contributed by atoms with van der Waals surface area (Å²) in [6.45, 7) is 5.97. The zero-order valence-electron chi connectivity index (χ0n) is 27.3. The first kappa shape index (κ1) is 34.4. The number of ether oxygens (including phenoxy) is 5. The van der Waals surface area contributed by atoms with Crippen molar-refractivity contribution >= 4 is 17.3 Å². The van der Waals surface area contributed by atoms with Gasteiger partial charge in [-0.3, -0.25) is 14.4 Å². The zero-order valence-corrected chi connectivity index (χ0v) is 27.3. The summed E-state index contributed by atoms with van der Waals surface area (Å²) < 4.78 is 29.7. The minimum absolute atomic E-state index is 0.0184. The van der Waals surface area contributed by atoms with Crippen LogP contribution in [0.3, 0.4) is 0 Å². The van der Waals surface area contributed by atoms with E-state index in [4.69, 9.17) is 29.4 Å². The summed E-state index contributed by atoms with van der Waals surface area (Å²) in [7, 11) is 1.34. The fourth-order valence-electron chi connectivity index (χ4n) is 7.64. The lowest BCUT2D eigenvalue weighted by atomic mass is 9.67. The highest BCUT2D eigenvalue weighted by molar-refractivity contribution is 6.31. The van der Waals surface area contributed by atoms with Crippen LogP contribution in [0.2, 0.25) is 0 Å². The van der Waals surface area contributed by atoms with Gasteiger partial charge in [0.15, 0.2) is 24.1 Å². The van der Waals surface area contributed by atoms with Crippen molar-refractivity contribution in [2.24, 2.45) is 5.73 Å². The van der Waals surface area contributed by atoms with Crippen LogP contribution in [0.1, 0.15) is 89.9 Å². The standard InChI is InChI=1S/C34H41NO13/c1-13-27(38)19(37)10-21(45-13)47-32-14(2)46-22(9-18(32)35)48-33(4)12-34(43,15(3)36)11-17-26(33)31(42)25-24(29(17)40)28(39)16-7-6-8-20(44-5)23(16)30(25)41/h6-8,13-14,18-19,21-22,27,32,37-38,40,42-43H,9-12,35H2,1-5H3/t13?,14?,18?,19?,21?,22?,27?,32?,33-,34-/m0/s1. The van der Waals surface area contributed by atoms with Gasteiger partial charge in [0.25, 0.3) is 0 Å². The van der Waals surface area contributed by atoms with Gasteiger partial charge in [0.2, 0.25) is 5.78 Å². The Morgan fingerprint density at radius 2 is 1.65 bits per heavy atom. The number of phenols is 2. The Labute approximate surface area is 276 Å². The topological polar surface area (TPSA) is 225 Å². The SMILES string of the molecule is COc1cccc2c1C(=O)c1c(O)c3c(c(O)c1C2=O)C[C@@](O)(C(C)=O)C[C@]3(C)OC1CC(N)C(OC2CC(O)C(O)C(C)O2)C(C)O1. The maximum Gasteiger partial charge on any atom is 0.202 e. The van der Waals surface area contributed by atoms with E-state index in [0.29, 0.717) is 0 Å². The molecule has 260 valence electrons. The smallest absolute Gasteiger partial charge is 0.202 e. The predicted molar refractivity (Wildman–Crippen MR) is 165 cm³/mol. The fourth-order valence-corrected chi connectivity index (χ4v) is 7.64. The van der Waals surface area contributed by atoms with Crippen molar-refractivity contribution in [1.29, 1.82) is 0 Å². The van der Waals surface area contributed by atoms with Crippen molar-refractivity contribution in [3.05, 3.63) is 51.6 Å². The molecule has 2 heterocycles. The number of phenolic OH excluding ortho intramolecular Hbond substituents is 2. The minimum atomic E-state index is -2.09. The highest BCUT2D eigenvalue weighted by Gasteiger charge is 2.54. The number of ketones is 3. The summed E-state index contributed by atoms with van der Waals surface area (Å²) in [5.74, 6) is -3.34. The lowest BCUT2D eigenvalue weighted by molar-refractivity contribution is -0.312. The van der Waals surface area contributed by atoms with Gasteiger partial charge in [-0.2, -0.15) is 0 Å². The molecule has 8 unspecified atom stereocenters. The van der Waals surface area contributed by atoms with Crippen LogP contribution in [-0.2, 0) is 35.8 Å². The van der Waals surface area contributed by atoms with Gasteiger partial charge in [0, 0.05) is 48.4 Å². The molecule has 0 radical (unpaired) electrons. The molecule has 48 heavy (non-hydrogen) atoms. The van der Waals surface area contributed by atoms with Crippen LogP contribution < -0.4 is 10.5 Å². The number of carbonyl (C=O) groups excluding carboxylic acids is 3. The van der Waals surface area contributed by atoms with Gasteiger partial charge < -0.3 is 55.0 Å². The number of hydrogen-bond donors (Lipinski definition) is 6. The second kappa shape index (κ2) is 12.1. The first-order valence-corrected chi connectivity index (χ1v) is 15.9. The molecule has 2 aliphatic heterocycles. The highest BCUT2D eigenvalue weighted by atomic mass is 16.7. The van der Waals surface area contributed by atoms with Gasteiger partial charge >= 0.3 is 0 Å². The van der Waals surface area contributed by atoms with Crippen LogP contribution >= 0.6 is 0 Å². The normalized spacial score (nSPS) is 36.2. The summed E-state index contributed by atoms with van der Waals surface area (Å²) >= 11 is 0. The summed E-state index contributed by atoms with van der Waals surface area (Å²) in [4.78, 5) is 40.5. The van der Waals surface area contributed by atoms with Crippen molar-refractivity contribution in [2.75, 3.05) is 7.11 Å². The molecule has 0 bridgehead atoms. The second-order valence-corrected chi connectivity index (χ2v) is 13.5. The molecule has 6 rings (SSSR count). The van der Waals surface area contributed by atoms with E-state index in [1.54, 1.807) is 13.8 Å². The molecule has 0 amide bonds. The molecule has 2 saturated heterocycles. The maximum absolute atomic E-state index is 13.9. The van der Waals surface area contributed by atoms with Crippen LogP contribution in [0.25, 0.3) is 0 Å². The van der Waals surface area contributed by atoms with E-state index in [1.165, 1.54) is 39.2 Å².